The number of aromatic nitrogens is 3. The monoisotopic (exact) mass is 430 g/mol. The quantitative estimate of drug-likeness (QED) is 0.408. The molecule has 2 heterocycles. The van der Waals surface area contributed by atoms with E-state index in [0.29, 0.717) is 37.7 Å². The Bertz CT molecular complexity index is 1190. The summed E-state index contributed by atoms with van der Waals surface area (Å²) in [6.07, 6.45) is 3.62. The van der Waals surface area contributed by atoms with Gasteiger partial charge in [-0.1, -0.05) is 50.2 Å². The van der Waals surface area contributed by atoms with Crippen molar-refractivity contribution in [2.24, 2.45) is 5.92 Å². The number of fused-ring (bicyclic) bond motifs is 1. The Labute approximate surface area is 188 Å². The highest BCUT2D eigenvalue weighted by Gasteiger charge is 2.10. The maximum absolute atomic E-state index is 12.3. The first kappa shape index (κ1) is 21.8. The van der Waals surface area contributed by atoms with E-state index < -0.39 is 0 Å². The number of benzene rings is 2. The Morgan fingerprint density at radius 1 is 1.12 bits per heavy atom. The van der Waals surface area contributed by atoms with Gasteiger partial charge in [-0.2, -0.15) is 0 Å². The van der Waals surface area contributed by atoms with Crippen LogP contribution < -0.4 is 5.32 Å². The highest BCUT2D eigenvalue weighted by atomic mass is 16.4. The van der Waals surface area contributed by atoms with Crippen LogP contribution in [0.15, 0.2) is 59.1 Å². The summed E-state index contributed by atoms with van der Waals surface area (Å²) in [5, 5.41) is 2.99. The van der Waals surface area contributed by atoms with Gasteiger partial charge >= 0.3 is 0 Å². The number of nitrogens with zero attached hydrogens (tertiary/aromatic N) is 3. The van der Waals surface area contributed by atoms with Crippen molar-refractivity contribution in [1.82, 2.24) is 19.9 Å². The Kier molecular flexibility index (Phi) is 6.69. The van der Waals surface area contributed by atoms with Crippen molar-refractivity contribution in [3.8, 4) is 11.3 Å². The lowest BCUT2D eigenvalue weighted by Crippen LogP contribution is -2.27. The molecule has 6 heteroatoms. The second kappa shape index (κ2) is 9.81. The molecule has 6 nitrogen and oxygen atoms in total. The van der Waals surface area contributed by atoms with Crippen LogP contribution in [0.5, 0.6) is 0 Å². The van der Waals surface area contributed by atoms with Crippen LogP contribution in [0.1, 0.15) is 37.5 Å². The fourth-order valence-corrected chi connectivity index (χ4v) is 3.93. The summed E-state index contributed by atoms with van der Waals surface area (Å²) < 4.78 is 7.99. The minimum atomic E-state index is -0.00939. The van der Waals surface area contributed by atoms with Crippen molar-refractivity contribution in [1.29, 1.82) is 0 Å². The summed E-state index contributed by atoms with van der Waals surface area (Å²) in [5.74, 6) is 2.89. The standard InChI is InChI=1S/C26H30N4O2/c1-18(2)16-20-8-10-21(11-9-20)24-17-28-26(32-24)13-12-25(31)27-14-15-30-19(3)29-22-6-4-5-7-23(22)30/h4-11,17-18H,12-16H2,1-3H3,(H,27,31). The molecule has 0 aliphatic heterocycles. The van der Waals surface area contributed by atoms with Crippen LogP contribution in [-0.4, -0.2) is 27.0 Å². The van der Waals surface area contributed by atoms with E-state index >= 15 is 0 Å². The van der Waals surface area contributed by atoms with Gasteiger partial charge in [0.05, 0.1) is 17.2 Å². The molecule has 0 radical (unpaired) electrons. The Morgan fingerprint density at radius 2 is 1.91 bits per heavy atom. The van der Waals surface area contributed by atoms with Crippen LogP contribution in [0, 0.1) is 12.8 Å². The number of carbonyl (C=O) groups excluding carboxylic acids is 1. The van der Waals surface area contributed by atoms with E-state index in [1.165, 1.54) is 5.56 Å². The Morgan fingerprint density at radius 3 is 2.69 bits per heavy atom. The molecule has 0 fully saturated rings. The summed E-state index contributed by atoms with van der Waals surface area (Å²) in [5.41, 5.74) is 4.39. The van der Waals surface area contributed by atoms with Crippen molar-refractivity contribution in [3.63, 3.8) is 0 Å². The molecule has 0 saturated heterocycles. The topological polar surface area (TPSA) is 73.0 Å². The molecule has 0 atom stereocenters. The van der Waals surface area contributed by atoms with E-state index in [1.54, 1.807) is 6.20 Å². The second-order valence-electron chi connectivity index (χ2n) is 8.56. The molecule has 0 unspecified atom stereocenters. The number of rotatable bonds is 9. The lowest BCUT2D eigenvalue weighted by atomic mass is 10.0. The number of hydrogen-bond acceptors (Lipinski definition) is 4. The third kappa shape index (κ3) is 5.25. The first-order chi connectivity index (χ1) is 15.5. The van der Waals surface area contributed by atoms with Crippen LogP contribution in [0.4, 0.5) is 0 Å². The summed E-state index contributed by atoms with van der Waals surface area (Å²) in [6, 6.07) is 16.4. The lowest BCUT2D eigenvalue weighted by Gasteiger charge is -2.08. The predicted octanol–water partition coefficient (Wildman–Crippen LogP) is 4.95. The van der Waals surface area contributed by atoms with Crippen LogP contribution >= 0.6 is 0 Å². The van der Waals surface area contributed by atoms with Crippen molar-refractivity contribution in [2.75, 3.05) is 6.54 Å². The molecule has 4 rings (SSSR count). The van der Waals surface area contributed by atoms with E-state index in [9.17, 15) is 4.79 Å². The number of hydrogen-bond donors (Lipinski definition) is 1. The van der Waals surface area contributed by atoms with Crippen LogP contribution in [0.3, 0.4) is 0 Å². The van der Waals surface area contributed by atoms with E-state index in [-0.39, 0.29) is 5.91 Å². The first-order valence-electron chi connectivity index (χ1n) is 11.2. The van der Waals surface area contributed by atoms with Crippen LogP contribution in [0.25, 0.3) is 22.4 Å². The summed E-state index contributed by atoms with van der Waals surface area (Å²) >= 11 is 0. The SMILES string of the molecule is Cc1nc2ccccc2n1CCNC(=O)CCc1ncc(-c2ccc(CC(C)C)cc2)o1. The fraction of sp³-hybridized carbons (Fsp3) is 0.346. The minimum absolute atomic E-state index is 0.00939. The summed E-state index contributed by atoms with van der Waals surface area (Å²) in [4.78, 5) is 21.2. The molecule has 0 aliphatic rings. The maximum Gasteiger partial charge on any atom is 0.220 e. The first-order valence-corrected chi connectivity index (χ1v) is 11.2. The lowest BCUT2D eigenvalue weighted by molar-refractivity contribution is -0.121. The molecule has 1 amide bonds. The smallest absolute Gasteiger partial charge is 0.220 e. The average Bonchev–Trinajstić information content (AvgIpc) is 3.37. The van der Waals surface area contributed by atoms with Gasteiger partial charge in [0, 0.05) is 31.5 Å². The third-order valence-corrected chi connectivity index (χ3v) is 5.50. The van der Waals surface area contributed by atoms with Crippen molar-refractivity contribution in [3.05, 3.63) is 72.0 Å². The third-order valence-electron chi connectivity index (χ3n) is 5.50. The molecule has 0 spiro atoms. The maximum atomic E-state index is 12.3. The number of carbonyl (C=O) groups is 1. The van der Waals surface area contributed by atoms with E-state index in [0.717, 1.165) is 34.6 Å². The van der Waals surface area contributed by atoms with E-state index in [4.69, 9.17) is 4.42 Å². The molecular formula is C26H30N4O2. The van der Waals surface area contributed by atoms with E-state index in [2.05, 4.69) is 64.0 Å². The van der Waals surface area contributed by atoms with Gasteiger partial charge in [0.2, 0.25) is 5.91 Å². The zero-order valence-corrected chi connectivity index (χ0v) is 19.0. The predicted molar refractivity (Wildman–Crippen MR) is 126 cm³/mol. The normalized spacial score (nSPS) is 11.4. The Hall–Kier alpha value is -3.41. The van der Waals surface area contributed by atoms with Gasteiger partial charge in [-0.25, -0.2) is 9.97 Å². The average molecular weight is 431 g/mol. The number of amides is 1. The fourth-order valence-electron chi connectivity index (χ4n) is 3.93. The zero-order valence-electron chi connectivity index (χ0n) is 19.0. The van der Waals surface area contributed by atoms with Gasteiger partial charge in [0.15, 0.2) is 11.7 Å². The van der Waals surface area contributed by atoms with Gasteiger partial charge in [0.25, 0.3) is 0 Å². The molecule has 0 saturated carbocycles. The summed E-state index contributed by atoms with van der Waals surface area (Å²) in [6.45, 7) is 7.66. The van der Waals surface area contributed by atoms with Crippen LogP contribution in [0.2, 0.25) is 0 Å². The zero-order chi connectivity index (χ0) is 22.5. The van der Waals surface area contributed by atoms with E-state index in [1.807, 2.05) is 25.1 Å². The molecule has 2 aromatic heterocycles. The summed E-state index contributed by atoms with van der Waals surface area (Å²) in [7, 11) is 0. The molecule has 2 aromatic carbocycles. The molecule has 0 aliphatic carbocycles. The number of para-hydroxylation sites is 2. The molecule has 0 bridgehead atoms. The highest BCUT2D eigenvalue weighted by molar-refractivity contribution is 5.77. The number of oxazole rings is 1. The van der Waals surface area contributed by atoms with Gasteiger partial charge in [-0.3, -0.25) is 4.79 Å². The Balaban J connectivity index is 1.26. The van der Waals surface area contributed by atoms with Gasteiger partial charge in [0.1, 0.15) is 5.82 Å². The molecule has 166 valence electrons. The molecule has 4 aromatic rings. The number of imidazole rings is 1. The highest BCUT2D eigenvalue weighted by Crippen LogP contribution is 2.22. The van der Waals surface area contributed by atoms with Gasteiger partial charge < -0.3 is 14.3 Å². The minimum Gasteiger partial charge on any atom is -0.441 e. The van der Waals surface area contributed by atoms with Crippen LogP contribution in [-0.2, 0) is 24.2 Å². The van der Waals surface area contributed by atoms with Gasteiger partial charge in [-0.15, -0.1) is 0 Å². The molecule has 32 heavy (non-hydrogen) atoms. The number of nitrogens with one attached hydrogen (secondary N) is 1. The van der Waals surface area contributed by atoms with Crippen molar-refractivity contribution in [2.45, 2.75) is 46.6 Å². The molecule has 1 N–H and O–H groups in total. The van der Waals surface area contributed by atoms with Crippen molar-refractivity contribution < 1.29 is 9.21 Å². The van der Waals surface area contributed by atoms with Gasteiger partial charge in [-0.05, 0) is 37.0 Å². The van der Waals surface area contributed by atoms with Crippen molar-refractivity contribution >= 4 is 16.9 Å². The second-order valence-corrected chi connectivity index (χ2v) is 8.56. The largest absolute Gasteiger partial charge is 0.441 e. The number of aryl methyl sites for hydroxylation is 2. The molecular weight excluding hydrogens is 400 g/mol.